The minimum atomic E-state index is -0.919. The van der Waals surface area contributed by atoms with Crippen LogP contribution < -0.4 is 0 Å². The molecule has 3 atom stereocenters. The average molecular weight is 386 g/mol. The lowest BCUT2D eigenvalue weighted by Gasteiger charge is -2.33. The number of carboxylic acid groups (broad SMARTS) is 1. The maximum Gasteiger partial charge on any atom is 0.326 e. The summed E-state index contributed by atoms with van der Waals surface area (Å²) in [4.78, 5) is 30.3. The van der Waals surface area contributed by atoms with E-state index in [0.29, 0.717) is 36.0 Å². The van der Waals surface area contributed by atoms with Gasteiger partial charge in [0.1, 0.15) is 11.9 Å². The molecule has 0 bridgehead atoms. The number of likely N-dealkylation sites (tertiary alicyclic amines) is 1. The molecule has 6 nitrogen and oxygen atoms in total. The predicted molar refractivity (Wildman–Crippen MR) is 98.9 cm³/mol. The van der Waals surface area contributed by atoms with Crippen LogP contribution in [0.5, 0.6) is 0 Å². The van der Waals surface area contributed by atoms with Crippen LogP contribution in [0.15, 0.2) is 34.9 Å². The lowest BCUT2D eigenvalue weighted by Crippen LogP contribution is -2.46. The lowest BCUT2D eigenvalue weighted by atomic mass is 9.84. The first kappa shape index (κ1) is 18.7. The Bertz CT molecular complexity index is 864. The highest BCUT2D eigenvalue weighted by atomic mass is 19.1. The number of hydrogen-bond acceptors (Lipinski definition) is 4. The molecule has 1 aromatic heterocycles. The fraction of sp³-hybridized carbons (Fsp3) is 0.476. The van der Waals surface area contributed by atoms with Crippen molar-refractivity contribution in [3.8, 4) is 11.3 Å². The van der Waals surface area contributed by atoms with Crippen molar-refractivity contribution in [1.29, 1.82) is 0 Å². The van der Waals surface area contributed by atoms with Gasteiger partial charge in [-0.2, -0.15) is 0 Å². The topological polar surface area (TPSA) is 83.6 Å². The number of oxazole rings is 1. The van der Waals surface area contributed by atoms with Crippen molar-refractivity contribution in [3.63, 3.8) is 0 Å². The van der Waals surface area contributed by atoms with Gasteiger partial charge in [0.05, 0.1) is 6.20 Å². The molecule has 2 aromatic rings. The van der Waals surface area contributed by atoms with Crippen LogP contribution in [0, 0.1) is 11.7 Å². The number of carbonyl (C=O) groups excluding carboxylic acids is 1. The van der Waals surface area contributed by atoms with E-state index in [0.717, 1.165) is 25.7 Å². The van der Waals surface area contributed by atoms with E-state index in [9.17, 15) is 19.1 Å². The highest BCUT2D eigenvalue weighted by Crippen LogP contribution is 2.40. The normalized spacial score (nSPS) is 24.2. The van der Waals surface area contributed by atoms with E-state index < -0.39 is 12.0 Å². The number of fused-ring (bicyclic) bond motifs is 1. The Morgan fingerprint density at radius 3 is 2.71 bits per heavy atom. The fourth-order valence-electron chi connectivity index (χ4n) is 4.56. The van der Waals surface area contributed by atoms with Crippen LogP contribution >= 0.6 is 0 Å². The summed E-state index contributed by atoms with van der Waals surface area (Å²) < 4.78 is 18.7. The molecule has 28 heavy (non-hydrogen) atoms. The van der Waals surface area contributed by atoms with Crippen molar-refractivity contribution in [3.05, 3.63) is 42.2 Å². The van der Waals surface area contributed by atoms with Crippen molar-refractivity contribution in [1.82, 2.24) is 9.88 Å². The SMILES string of the molecule is O=C(O)[C@@H]1C[C@H]2CCCC[C@H]2N1C(=O)CCc1ncc(-c2ccc(F)cc2)o1. The Morgan fingerprint density at radius 2 is 1.96 bits per heavy atom. The minimum Gasteiger partial charge on any atom is -0.480 e. The Labute approximate surface area is 162 Å². The molecule has 0 unspecified atom stereocenters. The molecule has 7 heteroatoms. The van der Waals surface area contributed by atoms with Crippen LogP contribution in [0.1, 0.15) is 44.4 Å². The van der Waals surface area contributed by atoms with E-state index >= 15 is 0 Å². The van der Waals surface area contributed by atoms with Crippen LogP contribution in [0.2, 0.25) is 0 Å². The fourth-order valence-corrected chi connectivity index (χ4v) is 4.56. The summed E-state index contributed by atoms with van der Waals surface area (Å²) in [6, 6.07) is 5.23. The molecule has 1 aliphatic heterocycles. The maximum absolute atomic E-state index is 13.0. The number of benzene rings is 1. The third-order valence-electron chi connectivity index (χ3n) is 5.90. The van der Waals surface area contributed by atoms with Crippen molar-refractivity contribution in [2.24, 2.45) is 5.92 Å². The molecule has 0 radical (unpaired) electrons. The molecule has 1 saturated carbocycles. The van der Waals surface area contributed by atoms with E-state index in [2.05, 4.69) is 4.98 Å². The van der Waals surface area contributed by atoms with E-state index in [4.69, 9.17) is 4.42 Å². The number of carbonyl (C=O) groups is 2. The number of halogens is 1. The molecule has 148 valence electrons. The van der Waals surface area contributed by atoms with Crippen LogP contribution in [0.25, 0.3) is 11.3 Å². The van der Waals surface area contributed by atoms with Crippen molar-refractivity contribution in [2.45, 2.75) is 57.0 Å². The van der Waals surface area contributed by atoms with E-state index in [1.807, 2.05) is 0 Å². The van der Waals surface area contributed by atoms with Crippen LogP contribution in [0.3, 0.4) is 0 Å². The molecule has 4 rings (SSSR count). The largest absolute Gasteiger partial charge is 0.480 e. The van der Waals surface area contributed by atoms with Crippen LogP contribution in [-0.4, -0.2) is 39.0 Å². The summed E-state index contributed by atoms with van der Waals surface area (Å²) in [5.74, 6) is -0.168. The summed E-state index contributed by atoms with van der Waals surface area (Å²) in [6.07, 6.45) is 6.61. The molecule has 1 amide bonds. The van der Waals surface area contributed by atoms with Crippen LogP contribution in [-0.2, 0) is 16.0 Å². The van der Waals surface area contributed by atoms with Crippen molar-refractivity contribution < 1.29 is 23.5 Å². The van der Waals surface area contributed by atoms with Gasteiger partial charge in [0.2, 0.25) is 5.91 Å². The first-order valence-electron chi connectivity index (χ1n) is 9.77. The molecule has 2 heterocycles. The Morgan fingerprint density at radius 1 is 1.21 bits per heavy atom. The third-order valence-corrected chi connectivity index (χ3v) is 5.90. The maximum atomic E-state index is 13.0. The number of carboxylic acids is 1. The second-order valence-electron chi connectivity index (χ2n) is 7.63. The van der Waals surface area contributed by atoms with Gasteiger partial charge in [-0.25, -0.2) is 14.2 Å². The monoisotopic (exact) mass is 386 g/mol. The molecular weight excluding hydrogens is 363 g/mol. The van der Waals surface area contributed by atoms with Gasteiger partial charge in [-0.1, -0.05) is 12.8 Å². The zero-order chi connectivity index (χ0) is 19.7. The zero-order valence-corrected chi connectivity index (χ0v) is 15.5. The molecule has 0 spiro atoms. The number of rotatable bonds is 5. The summed E-state index contributed by atoms with van der Waals surface area (Å²) in [5.41, 5.74) is 0.710. The number of amides is 1. The lowest BCUT2D eigenvalue weighted by molar-refractivity contribution is -0.149. The molecule has 2 fully saturated rings. The van der Waals surface area contributed by atoms with Crippen molar-refractivity contribution >= 4 is 11.9 Å². The van der Waals surface area contributed by atoms with Crippen LogP contribution in [0.4, 0.5) is 4.39 Å². The first-order chi connectivity index (χ1) is 13.5. The number of aryl methyl sites for hydroxylation is 1. The van der Waals surface area contributed by atoms with E-state index in [1.54, 1.807) is 23.2 Å². The molecule has 1 saturated heterocycles. The molecular formula is C21H23FN2O4. The number of aliphatic carboxylic acids is 1. The Hall–Kier alpha value is -2.70. The number of nitrogens with zero attached hydrogens (tertiary/aromatic N) is 2. The standard InChI is InChI=1S/C21H23FN2O4/c22-15-7-5-13(6-8-15)18-12-23-19(28-18)9-10-20(25)24-16-4-2-1-3-14(16)11-17(24)21(26)27/h5-8,12,14,16-17H,1-4,9-11H2,(H,26,27)/t14-,16-,17+/m1/s1. The molecule has 1 aromatic carbocycles. The molecule has 2 aliphatic rings. The Kier molecular flexibility index (Phi) is 5.15. The number of hydrogen-bond donors (Lipinski definition) is 1. The molecule has 1 N–H and O–H groups in total. The highest BCUT2D eigenvalue weighted by Gasteiger charge is 2.47. The number of aromatic nitrogens is 1. The van der Waals surface area contributed by atoms with Gasteiger partial charge < -0.3 is 14.4 Å². The summed E-state index contributed by atoms with van der Waals surface area (Å²) in [6.45, 7) is 0. The summed E-state index contributed by atoms with van der Waals surface area (Å²) in [7, 11) is 0. The predicted octanol–water partition coefficient (Wildman–Crippen LogP) is 3.66. The first-order valence-corrected chi connectivity index (χ1v) is 9.77. The summed E-state index contributed by atoms with van der Waals surface area (Å²) in [5, 5.41) is 9.56. The zero-order valence-electron chi connectivity index (χ0n) is 15.5. The van der Waals surface area contributed by atoms with Gasteiger partial charge in [0.25, 0.3) is 0 Å². The van der Waals surface area contributed by atoms with Gasteiger partial charge in [0, 0.05) is 24.4 Å². The van der Waals surface area contributed by atoms with Gasteiger partial charge in [-0.15, -0.1) is 0 Å². The van der Waals surface area contributed by atoms with Gasteiger partial charge in [0.15, 0.2) is 11.7 Å². The smallest absolute Gasteiger partial charge is 0.326 e. The Balaban J connectivity index is 1.42. The van der Waals surface area contributed by atoms with E-state index in [1.165, 1.54) is 12.1 Å². The van der Waals surface area contributed by atoms with Crippen molar-refractivity contribution in [2.75, 3.05) is 0 Å². The third kappa shape index (κ3) is 3.66. The van der Waals surface area contributed by atoms with Gasteiger partial charge in [-0.05, 0) is 49.4 Å². The average Bonchev–Trinajstić information content (AvgIpc) is 3.31. The van der Waals surface area contributed by atoms with Gasteiger partial charge in [-0.3, -0.25) is 4.79 Å². The van der Waals surface area contributed by atoms with Gasteiger partial charge >= 0.3 is 5.97 Å². The quantitative estimate of drug-likeness (QED) is 0.848. The second kappa shape index (κ2) is 7.73. The molecule has 1 aliphatic carbocycles. The highest BCUT2D eigenvalue weighted by molar-refractivity contribution is 5.85. The minimum absolute atomic E-state index is 0.0432. The van der Waals surface area contributed by atoms with E-state index in [-0.39, 0.29) is 24.2 Å². The summed E-state index contributed by atoms with van der Waals surface area (Å²) >= 11 is 0. The second-order valence-corrected chi connectivity index (χ2v) is 7.63.